The third-order valence-corrected chi connectivity index (χ3v) is 27.4. The van der Waals surface area contributed by atoms with E-state index in [2.05, 4.69) is 199 Å². The van der Waals surface area contributed by atoms with E-state index in [1.807, 2.05) is 0 Å². The second-order valence-electron chi connectivity index (χ2n) is 32.5. The van der Waals surface area contributed by atoms with Gasteiger partial charge in [-0.05, 0) is 246 Å². The third kappa shape index (κ3) is 9.35. The fourth-order valence-electron chi connectivity index (χ4n) is 23.2. The van der Waals surface area contributed by atoms with Gasteiger partial charge in [-0.15, -0.1) is 0 Å². The van der Waals surface area contributed by atoms with Crippen molar-refractivity contribution >= 4 is 0 Å². The highest BCUT2D eigenvalue weighted by atomic mass is 15.5. The Morgan fingerprint density at radius 3 is 1.15 bits per heavy atom. The standard InChI is InChI=1S/C24H35N.2C18H26N2.C17H25N3/c1-16-10-17(2)18(3)22(11-16)23-13-20-12-21(14-23)24(8-6-5-7-9-24)25(15-20)19(23)4;2*1-12-5-13(2)14(3)17(6-12)18-7-16-8-19(10-18)11-20(9-16)15(18)4;1-12-5-13(2)14(3)16(6-12)17-7-18-9-19(8-17)11-20(10-18)15(17)4/h10-11,19-21H,5-9,12-15H2,1-4H3;2*5-6,15-16H,7-11H2,1-4H3;5-6,15H,7-11H2,1-4H3. The van der Waals surface area contributed by atoms with Gasteiger partial charge in [-0.2, -0.15) is 0 Å². The van der Waals surface area contributed by atoms with Crippen molar-refractivity contribution in [3.8, 4) is 0 Å². The van der Waals surface area contributed by atoms with Crippen LogP contribution in [0.4, 0.5) is 0 Å². The quantitative estimate of drug-likeness (QED) is 0.199. The normalized spacial score (nSPS) is 42.0. The van der Waals surface area contributed by atoms with Crippen molar-refractivity contribution in [2.75, 3.05) is 92.2 Å². The first-order valence-corrected chi connectivity index (χ1v) is 34.7. The van der Waals surface area contributed by atoms with Crippen LogP contribution in [0.15, 0.2) is 48.5 Å². The molecule has 0 aromatic heterocycles. The number of hydrogen-bond acceptors (Lipinski definition) is 8. The summed E-state index contributed by atoms with van der Waals surface area (Å²) in [4.78, 5) is 21.7. The molecule has 16 bridgehead atoms. The summed E-state index contributed by atoms with van der Waals surface area (Å²) in [6.07, 6.45) is 14.6. The van der Waals surface area contributed by atoms with Crippen LogP contribution in [0.1, 0.15) is 181 Å². The van der Waals surface area contributed by atoms with Crippen molar-refractivity contribution < 1.29 is 0 Å². The molecule has 2 saturated carbocycles. The Bertz CT molecular complexity index is 2960. The van der Waals surface area contributed by atoms with Gasteiger partial charge in [0.2, 0.25) is 0 Å². The first-order valence-electron chi connectivity index (χ1n) is 34.7. The zero-order valence-electron chi connectivity index (χ0n) is 56.3. The molecule has 460 valence electrons. The first kappa shape index (κ1) is 59.2. The average molecular weight is 1150 g/mol. The predicted molar refractivity (Wildman–Crippen MR) is 353 cm³/mol. The maximum atomic E-state index is 3.05. The first-order chi connectivity index (χ1) is 40.4. The Morgan fingerprint density at radius 2 is 0.718 bits per heavy atom. The Hall–Kier alpha value is -3.44. The van der Waals surface area contributed by atoms with Crippen LogP contribution in [0, 0.1) is 107 Å². The van der Waals surface area contributed by atoms with Gasteiger partial charge in [-0.25, -0.2) is 0 Å². The molecule has 0 radical (unpaired) electrons. The molecule has 4 aromatic rings. The molecular formula is C77H112N8. The van der Waals surface area contributed by atoms with Crippen LogP contribution >= 0.6 is 0 Å². The Morgan fingerprint density at radius 1 is 0.341 bits per heavy atom. The molecule has 0 amide bonds. The maximum Gasteiger partial charge on any atom is 0.0533 e. The van der Waals surface area contributed by atoms with E-state index in [4.69, 9.17) is 0 Å². The van der Waals surface area contributed by atoms with Crippen molar-refractivity contribution in [2.24, 2.45) is 23.7 Å². The highest BCUT2D eigenvalue weighted by molar-refractivity contribution is 5.49. The van der Waals surface area contributed by atoms with Crippen LogP contribution < -0.4 is 0 Å². The van der Waals surface area contributed by atoms with E-state index in [-0.39, 0.29) is 0 Å². The Kier molecular flexibility index (Phi) is 14.9. The van der Waals surface area contributed by atoms with Gasteiger partial charge in [-0.1, -0.05) is 90.0 Å². The van der Waals surface area contributed by atoms with Crippen molar-refractivity contribution in [3.63, 3.8) is 0 Å². The van der Waals surface area contributed by atoms with Gasteiger partial charge < -0.3 is 0 Å². The average Bonchev–Trinajstić information content (AvgIpc) is 0.838. The predicted octanol–water partition coefficient (Wildman–Crippen LogP) is 13.4. The lowest BCUT2D eigenvalue weighted by atomic mass is 9.46. The van der Waals surface area contributed by atoms with Crippen LogP contribution in [0.2, 0.25) is 0 Å². The summed E-state index contributed by atoms with van der Waals surface area (Å²) in [5.74, 6) is 3.67. The van der Waals surface area contributed by atoms with Gasteiger partial charge in [0.1, 0.15) is 0 Å². The summed E-state index contributed by atoms with van der Waals surface area (Å²) in [5, 5.41) is 0. The zero-order valence-corrected chi connectivity index (χ0v) is 56.3. The molecule has 0 N–H and O–H groups in total. The van der Waals surface area contributed by atoms with Gasteiger partial charge in [0.05, 0.1) is 33.3 Å². The van der Waals surface area contributed by atoms with Gasteiger partial charge >= 0.3 is 0 Å². The van der Waals surface area contributed by atoms with Crippen molar-refractivity contribution in [1.82, 2.24) is 39.2 Å². The number of hydrogen-bond donors (Lipinski definition) is 0. The van der Waals surface area contributed by atoms with Crippen LogP contribution in [0.3, 0.4) is 0 Å². The number of piperidine rings is 7. The lowest BCUT2D eigenvalue weighted by Gasteiger charge is -2.71. The SMILES string of the molecule is Cc1cc(C)c(C)c(C23CC4CC(C2)C2(CCCCC2)N(C4)C3C)c1.Cc1cc(C)c(C)c(C23CC4CN(CN(C4)C2C)C3)c1.Cc1cc(C)c(C)c(C23CC4CN(CN(C4)C2C)C3)c1.Cc1cc(C)c(C)c(C23CN4CN(CN(C4)C2C)C3)c1. The summed E-state index contributed by atoms with van der Waals surface area (Å²) >= 11 is 0. The molecule has 21 rings (SSSR count). The van der Waals surface area contributed by atoms with Crippen LogP contribution in [0.5, 0.6) is 0 Å². The number of rotatable bonds is 4. The maximum absolute atomic E-state index is 3.05. The van der Waals surface area contributed by atoms with Gasteiger partial charge in [0.25, 0.3) is 0 Å². The minimum Gasteiger partial charge on any atom is -0.294 e. The lowest BCUT2D eigenvalue weighted by molar-refractivity contribution is -0.182. The molecule has 4 aromatic carbocycles. The van der Waals surface area contributed by atoms with E-state index < -0.39 is 0 Å². The van der Waals surface area contributed by atoms with E-state index >= 15 is 0 Å². The van der Waals surface area contributed by atoms with Crippen molar-refractivity contribution in [1.29, 1.82) is 0 Å². The topological polar surface area (TPSA) is 25.9 Å². The molecule has 17 aliphatic rings. The third-order valence-electron chi connectivity index (χ3n) is 27.4. The second kappa shape index (κ2) is 21.3. The fraction of sp³-hybridized carbons (Fsp3) is 0.688. The Balaban J connectivity index is 0.000000101. The van der Waals surface area contributed by atoms with E-state index in [0.29, 0.717) is 45.3 Å². The largest absolute Gasteiger partial charge is 0.294 e. The van der Waals surface area contributed by atoms with E-state index in [9.17, 15) is 0 Å². The van der Waals surface area contributed by atoms with Crippen LogP contribution in [-0.4, -0.2) is 161 Å². The highest BCUT2D eigenvalue weighted by Crippen LogP contribution is 2.64. The molecule has 8 nitrogen and oxygen atoms in total. The molecule has 15 aliphatic heterocycles. The number of nitrogens with zero attached hydrogens (tertiary/aromatic N) is 8. The molecule has 18 unspecified atom stereocenters. The van der Waals surface area contributed by atoms with Crippen molar-refractivity contribution in [2.45, 2.75) is 226 Å². The molecule has 1 spiro atoms. The summed E-state index contributed by atoms with van der Waals surface area (Å²) in [6, 6.07) is 22.1. The molecule has 8 heteroatoms. The molecule has 15 saturated heterocycles. The molecule has 18 atom stereocenters. The fourth-order valence-corrected chi connectivity index (χ4v) is 23.2. The summed E-state index contributed by atoms with van der Waals surface area (Å²) in [5.41, 5.74) is 26.4. The molecule has 2 aliphatic carbocycles. The zero-order chi connectivity index (χ0) is 59.6. The lowest BCUT2D eigenvalue weighted by Crippen LogP contribution is -2.77. The van der Waals surface area contributed by atoms with Gasteiger partial charge in [0.15, 0.2) is 0 Å². The molecule has 17 fully saturated rings. The van der Waals surface area contributed by atoms with Gasteiger partial charge in [-0.3, -0.25) is 39.2 Å². The van der Waals surface area contributed by atoms with Crippen molar-refractivity contribution in [3.05, 3.63) is 138 Å². The molecular weight excluding hydrogens is 1040 g/mol. The monoisotopic (exact) mass is 1150 g/mol. The van der Waals surface area contributed by atoms with Crippen LogP contribution in [0.25, 0.3) is 0 Å². The summed E-state index contributed by atoms with van der Waals surface area (Å²) < 4.78 is 0. The second-order valence-corrected chi connectivity index (χ2v) is 32.5. The minimum absolute atomic E-state index is 0.301. The highest BCUT2D eigenvalue weighted by Gasteiger charge is 2.65. The Labute approximate surface area is 516 Å². The summed E-state index contributed by atoms with van der Waals surface area (Å²) in [7, 11) is 0. The van der Waals surface area contributed by atoms with E-state index in [1.165, 1.54) is 198 Å². The minimum atomic E-state index is 0.301. The molecule has 15 heterocycles. The molecule has 85 heavy (non-hydrogen) atoms. The van der Waals surface area contributed by atoms with Gasteiger partial charge in [0, 0.05) is 110 Å². The number of benzene rings is 4. The van der Waals surface area contributed by atoms with E-state index in [0.717, 1.165) is 49.7 Å². The smallest absolute Gasteiger partial charge is 0.0533 e. The van der Waals surface area contributed by atoms with E-state index in [1.54, 1.807) is 27.8 Å². The van der Waals surface area contributed by atoms with Crippen LogP contribution in [-0.2, 0) is 21.7 Å². The summed E-state index contributed by atoms with van der Waals surface area (Å²) in [6.45, 7) is 55.1. The number of aryl methyl sites for hydroxylation is 8.